The van der Waals surface area contributed by atoms with Crippen molar-refractivity contribution in [2.24, 2.45) is 0 Å². The summed E-state index contributed by atoms with van der Waals surface area (Å²) in [6.45, 7) is 0. The summed E-state index contributed by atoms with van der Waals surface area (Å²) in [5.74, 6) is 3.46. The molecule has 6 heteroatoms. The van der Waals surface area contributed by atoms with Crippen LogP contribution in [0.25, 0.3) is 33.4 Å². The molecular formula is C48H31BN2O2S. The van der Waals surface area contributed by atoms with Crippen LogP contribution in [0.15, 0.2) is 186 Å². The minimum atomic E-state index is 0.756. The molecule has 8 aromatic rings. The predicted molar refractivity (Wildman–Crippen MR) is 224 cm³/mol. The van der Waals surface area contributed by atoms with Gasteiger partial charge in [-0.2, -0.15) is 0 Å². The lowest BCUT2D eigenvalue weighted by Crippen LogP contribution is -2.42. The van der Waals surface area contributed by atoms with E-state index in [4.69, 9.17) is 9.47 Å². The van der Waals surface area contributed by atoms with Crippen LogP contribution in [0.1, 0.15) is 0 Å². The van der Waals surface area contributed by atoms with Crippen molar-refractivity contribution in [3.05, 3.63) is 176 Å². The third kappa shape index (κ3) is 5.18. The van der Waals surface area contributed by atoms with Crippen LogP contribution in [0.2, 0.25) is 0 Å². The van der Waals surface area contributed by atoms with E-state index in [1.54, 1.807) is 11.8 Å². The lowest BCUT2D eigenvalue weighted by atomic mass is 9.57. The Morgan fingerprint density at radius 1 is 0.463 bits per heavy atom. The molecule has 254 valence electrons. The highest BCUT2D eigenvalue weighted by molar-refractivity contribution is 7.99. The number of nitrogens with zero attached hydrogens (tertiary/aromatic N) is 1. The van der Waals surface area contributed by atoms with E-state index in [0.717, 1.165) is 90.8 Å². The Morgan fingerprint density at radius 2 is 1.13 bits per heavy atom. The summed E-state index contributed by atoms with van der Waals surface area (Å²) < 4.78 is 13.2. The molecule has 0 atom stereocenters. The van der Waals surface area contributed by atoms with Gasteiger partial charge in [-0.1, -0.05) is 126 Å². The van der Waals surface area contributed by atoms with Crippen LogP contribution in [-0.4, -0.2) is 7.28 Å². The largest absolute Gasteiger partial charge is 0.455 e. The molecule has 0 fully saturated rings. The molecule has 3 aliphatic rings. The van der Waals surface area contributed by atoms with Gasteiger partial charge < -0.3 is 19.7 Å². The van der Waals surface area contributed by atoms with E-state index < -0.39 is 0 Å². The molecule has 3 aliphatic heterocycles. The van der Waals surface area contributed by atoms with Gasteiger partial charge in [0.15, 0.2) is 18.8 Å². The Kier molecular flexibility index (Phi) is 7.17. The molecule has 8 aromatic carbocycles. The Labute approximate surface area is 318 Å². The molecule has 4 nitrogen and oxygen atoms in total. The standard InChI is InChI=1S/C48H31BN2O2S/c1-3-12-30(13-4-1)32-22-24-34(25-23-32)50-38-29-46-44(53-42-19-9-10-21-45(42)54-46)28-35(38)36-26-33(31-14-5-2-6-15-31)27-40-47(36)49-37-16-11-20-43-48(37)51(40)39-17-7-8-18-41(39)52-43/h1-29,49-50H. The van der Waals surface area contributed by atoms with Crippen molar-refractivity contribution in [3.63, 3.8) is 0 Å². The van der Waals surface area contributed by atoms with Gasteiger partial charge in [-0.05, 0) is 100 Å². The number of nitrogens with one attached hydrogen (secondary N) is 1. The fourth-order valence-electron chi connectivity index (χ4n) is 7.97. The summed E-state index contributed by atoms with van der Waals surface area (Å²) in [5.41, 5.74) is 14.7. The van der Waals surface area contributed by atoms with E-state index in [1.807, 2.05) is 18.2 Å². The van der Waals surface area contributed by atoms with Crippen LogP contribution in [0, 0.1) is 0 Å². The van der Waals surface area contributed by atoms with Crippen LogP contribution in [0.3, 0.4) is 0 Å². The number of anilines is 5. The Balaban J connectivity index is 1.13. The number of ether oxygens (including phenoxy) is 2. The summed E-state index contributed by atoms with van der Waals surface area (Å²) in [6, 6.07) is 62.2. The first-order valence-corrected chi connectivity index (χ1v) is 19.0. The van der Waals surface area contributed by atoms with Gasteiger partial charge in [0.1, 0.15) is 11.5 Å². The number of para-hydroxylation sites is 4. The molecule has 0 amide bonds. The van der Waals surface area contributed by atoms with Crippen LogP contribution < -0.4 is 30.6 Å². The van der Waals surface area contributed by atoms with Crippen molar-refractivity contribution >= 4 is 58.4 Å². The Hall–Kier alpha value is -6.63. The molecule has 0 aromatic heterocycles. The fraction of sp³-hybridized carbons (Fsp3) is 0. The molecule has 1 N–H and O–H groups in total. The first kappa shape index (κ1) is 31.0. The van der Waals surface area contributed by atoms with E-state index in [-0.39, 0.29) is 0 Å². The van der Waals surface area contributed by atoms with E-state index >= 15 is 0 Å². The number of fused-ring (bicyclic) bond motifs is 6. The highest BCUT2D eigenvalue weighted by atomic mass is 32.2. The third-order valence-corrected chi connectivity index (χ3v) is 11.6. The smallest absolute Gasteiger partial charge is 0.198 e. The zero-order valence-corrected chi connectivity index (χ0v) is 29.9. The van der Waals surface area contributed by atoms with E-state index in [1.165, 1.54) is 22.1 Å². The second-order valence-electron chi connectivity index (χ2n) is 13.8. The van der Waals surface area contributed by atoms with Crippen molar-refractivity contribution in [1.82, 2.24) is 0 Å². The van der Waals surface area contributed by atoms with Gasteiger partial charge in [-0.15, -0.1) is 0 Å². The SMILES string of the molecule is B1c2cccc3c2N(c2ccccc2O3)c2cc(-c3ccccc3)cc(-c3cc4c(cc3Nc3ccc(-c5ccccc5)cc3)Sc3ccccc3O4)c21. The van der Waals surface area contributed by atoms with Crippen molar-refractivity contribution in [2.45, 2.75) is 9.79 Å². The molecule has 54 heavy (non-hydrogen) atoms. The zero-order valence-electron chi connectivity index (χ0n) is 29.1. The van der Waals surface area contributed by atoms with Gasteiger partial charge in [-0.3, -0.25) is 0 Å². The molecule has 3 heterocycles. The normalized spacial score (nSPS) is 12.8. The maximum Gasteiger partial charge on any atom is 0.198 e. The second-order valence-corrected chi connectivity index (χ2v) is 14.9. The third-order valence-electron chi connectivity index (χ3n) is 10.5. The Morgan fingerprint density at radius 3 is 1.94 bits per heavy atom. The molecular weight excluding hydrogens is 679 g/mol. The van der Waals surface area contributed by atoms with Crippen LogP contribution in [0.5, 0.6) is 23.0 Å². The average molecular weight is 711 g/mol. The fourth-order valence-corrected chi connectivity index (χ4v) is 8.94. The topological polar surface area (TPSA) is 33.7 Å². The summed E-state index contributed by atoms with van der Waals surface area (Å²) in [5, 5.41) is 3.87. The van der Waals surface area contributed by atoms with E-state index in [9.17, 15) is 0 Å². The molecule has 0 radical (unpaired) electrons. The quantitative estimate of drug-likeness (QED) is 0.180. The number of hydrogen-bond donors (Lipinski definition) is 1. The molecule has 0 saturated heterocycles. The minimum Gasteiger partial charge on any atom is -0.455 e. The van der Waals surface area contributed by atoms with Gasteiger partial charge >= 0.3 is 0 Å². The number of rotatable bonds is 5. The van der Waals surface area contributed by atoms with E-state index in [2.05, 4.69) is 168 Å². The van der Waals surface area contributed by atoms with Gasteiger partial charge in [0.25, 0.3) is 0 Å². The summed E-state index contributed by atoms with van der Waals surface area (Å²) in [4.78, 5) is 4.60. The van der Waals surface area contributed by atoms with Crippen molar-refractivity contribution in [3.8, 4) is 56.4 Å². The summed E-state index contributed by atoms with van der Waals surface area (Å²) >= 11 is 1.75. The summed E-state index contributed by atoms with van der Waals surface area (Å²) in [6.07, 6.45) is 0. The van der Waals surface area contributed by atoms with Gasteiger partial charge in [-0.25, -0.2) is 0 Å². The van der Waals surface area contributed by atoms with Crippen molar-refractivity contribution in [1.29, 1.82) is 0 Å². The molecule has 0 saturated carbocycles. The van der Waals surface area contributed by atoms with Crippen molar-refractivity contribution < 1.29 is 9.47 Å². The minimum absolute atomic E-state index is 0.756. The monoisotopic (exact) mass is 710 g/mol. The zero-order chi connectivity index (χ0) is 35.6. The average Bonchev–Trinajstić information content (AvgIpc) is 3.23. The number of benzene rings is 8. The summed E-state index contributed by atoms with van der Waals surface area (Å²) in [7, 11) is 0.756. The molecule has 0 unspecified atom stereocenters. The lowest BCUT2D eigenvalue weighted by molar-refractivity contribution is 0.455. The lowest BCUT2D eigenvalue weighted by Gasteiger charge is -2.39. The highest BCUT2D eigenvalue weighted by Crippen LogP contribution is 2.53. The van der Waals surface area contributed by atoms with Gasteiger partial charge in [0.2, 0.25) is 0 Å². The van der Waals surface area contributed by atoms with Gasteiger partial charge in [0.05, 0.1) is 21.2 Å². The maximum atomic E-state index is 6.66. The highest BCUT2D eigenvalue weighted by Gasteiger charge is 2.35. The van der Waals surface area contributed by atoms with E-state index in [0.29, 0.717) is 0 Å². The van der Waals surface area contributed by atoms with Crippen LogP contribution in [-0.2, 0) is 0 Å². The second kappa shape index (κ2) is 12.5. The van der Waals surface area contributed by atoms with Gasteiger partial charge in [0, 0.05) is 22.6 Å². The number of hydrogen-bond acceptors (Lipinski definition) is 5. The first-order valence-electron chi connectivity index (χ1n) is 18.2. The van der Waals surface area contributed by atoms with Crippen LogP contribution >= 0.6 is 11.8 Å². The molecule has 0 aliphatic carbocycles. The Bertz CT molecular complexity index is 2750. The van der Waals surface area contributed by atoms with Crippen LogP contribution in [0.4, 0.5) is 28.4 Å². The molecule has 0 bridgehead atoms. The molecule has 11 rings (SSSR count). The van der Waals surface area contributed by atoms with Crippen molar-refractivity contribution in [2.75, 3.05) is 10.2 Å². The predicted octanol–water partition coefficient (Wildman–Crippen LogP) is 12.0. The maximum absolute atomic E-state index is 6.66. The first-order chi connectivity index (χ1) is 26.7. The molecule has 0 spiro atoms.